The van der Waals surface area contributed by atoms with Crippen molar-refractivity contribution < 1.29 is 33.2 Å². The van der Waals surface area contributed by atoms with E-state index in [-0.39, 0.29) is 0 Å². The molecule has 2 aromatic carbocycles. The number of rotatable bonds is 10. The van der Waals surface area contributed by atoms with Crippen LogP contribution in [0.1, 0.15) is 12.6 Å². The van der Waals surface area contributed by atoms with Crippen molar-refractivity contribution in [3.05, 3.63) is 59.1 Å². The molecule has 2 aliphatic heterocycles. The Bertz CT molecular complexity index is 1640. The van der Waals surface area contributed by atoms with Crippen molar-refractivity contribution in [3.8, 4) is 17.3 Å². The molecule has 2 fully saturated rings. The minimum absolute atomic E-state index is 0.441. The quantitative estimate of drug-likeness (QED) is 0.208. The summed E-state index contributed by atoms with van der Waals surface area (Å²) in [4.78, 5) is 1.85. The summed E-state index contributed by atoms with van der Waals surface area (Å²) in [6.45, 7) is 6.36. The first-order valence-electron chi connectivity index (χ1n) is 14.6. The normalized spacial score (nSPS) is 25.2. The topological polar surface area (TPSA) is 169 Å². The van der Waals surface area contributed by atoms with Gasteiger partial charge < -0.3 is 34.7 Å². The van der Waals surface area contributed by atoms with E-state index in [1.54, 1.807) is 23.8 Å². The second-order valence-electron chi connectivity index (χ2n) is 11.2. The molecule has 0 aliphatic carbocycles. The van der Waals surface area contributed by atoms with E-state index in [0.717, 1.165) is 67.1 Å². The number of hydrogen-bond acceptors (Lipinski definition) is 10. The predicted molar refractivity (Wildman–Crippen MR) is 167 cm³/mol. The summed E-state index contributed by atoms with van der Waals surface area (Å²) >= 11 is 0. The number of ether oxygens (including phenoxy) is 2. The third-order valence-corrected chi connectivity index (χ3v) is 9.68. The van der Waals surface area contributed by atoms with Gasteiger partial charge in [0.2, 0.25) is 0 Å². The first kappa shape index (κ1) is 32.1. The molecular formula is C31H39N5O7S. The number of aliphatic hydroxyl groups is 3. The molecule has 2 aliphatic rings. The Balaban J connectivity index is 1.26. The average Bonchev–Trinajstić information content (AvgIpc) is 3.39. The Labute approximate surface area is 257 Å². The molecule has 1 aromatic heterocycles. The van der Waals surface area contributed by atoms with Gasteiger partial charge in [-0.3, -0.25) is 4.90 Å². The van der Waals surface area contributed by atoms with E-state index in [9.17, 15) is 29.0 Å². The minimum atomic E-state index is -4.29. The molecule has 0 amide bonds. The summed E-state index contributed by atoms with van der Waals surface area (Å²) in [7, 11) is -2.50. The Hall–Kier alpha value is -3.32. The summed E-state index contributed by atoms with van der Waals surface area (Å²) in [5.74, 6) is -0.744. The van der Waals surface area contributed by atoms with Crippen molar-refractivity contribution in [2.45, 2.75) is 31.5 Å². The van der Waals surface area contributed by atoms with E-state index in [1.807, 2.05) is 18.2 Å². The molecule has 12 nitrogen and oxygen atoms in total. The number of anilines is 1. The summed E-state index contributed by atoms with van der Waals surface area (Å²) in [5, 5.41) is 45.6. The summed E-state index contributed by atoms with van der Waals surface area (Å²) in [6.07, 6.45) is -3.99. The van der Waals surface area contributed by atoms with Crippen LogP contribution in [0.15, 0.2) is 53.4 Å². The molecule has 5 N–H and O–H groups in total. The van der Waals surface area contributed by atoms with Gasteiger partial charge in [-0.1, -0.05) is 25.1 Å². The van der Waals surface area contributed by atoms with Gasteiger partial charge in [-0.05, 0) is 52.7 Å². The first-order chi connectivity index (χ1) is 21.1. The molecule has 3 heterocycles. The second-order valence-corrected chi connectivity index (χ2v) is 13.0. The van der Waals surface area contributed by atoms with Crippen molar-refractivity contribution in [1.82, 2.24) is 14.2 Å². The Morgan fingerprint density at radius 3 is 2.55 bits per heavy atom. The Morgan fingerprint density at radius 1 is 1.07 bits per heavy atom. The molecule has 2 unspecified atom stereocenters. The highest BCUT2D eigenvalue weighted by Crippen LogP contribution is 2.29. The molecule has 2 saturated heterocycles. The molecule has 13 heteroatoms. The first-order valence-corrected chi connectivity index (χ1v) is 16.1. The third-order valence-electron chi connectivity index (χ3n) is 8.34. The largest absolute Gasteiger partial charge is 0.390 e. The van der Waals surface area contributed by atoms with E-state index in [1.165, 1.54) is 13.0 Å². The van der Waals surface area contributed by atoms with Gasteiger partial charge in [0.1, 0.15) is 18.3 Å². The summed E-state index contributed by atoms with van der Waals surface area (Å²) in [6, 6.07) is 17.7. The number of nitrogens with one attached hydrogen (secondary N) is 2. The lowest BCUT2D eigenvalue weighted by Crippen LogP contribution is -2.56. The summed E-state index contributed by atoms with van der Waals surface area (Å²) in [5.41, 5.74) is 3.32. The van der Waals surface area contributed by atoms with E-state index in [2.05, 4.69) is 39.2 Å². The van der Waals surface area contributed by atoms with E-state index >= 15 is 0 Å². The van der Waals surface area contributed by atoms with Gasteiger partial charge >= 0.3 is 0 Å². The van der Waals surface area contributed by atoms with Crippen LogP contribution >= 0.6 is 0 Å². The van der Waals surface area contributed by atoms with Crippen molar-refractivity contribution >= 4 is 32.6 Å². The number of aromatic nitrogens is 1. The highest BCUT2D eigenvalue weighted by molar-refractivity contribution is 7.93. The van der Waals surface area contributed by atoms with Crippen LogP contribution in [0.4, 0.5) is 5.69 Å². The van der Waals surface area contributed by atoms with Gasteiger partial charge in [0, 0.05) is 62.8 Å². The summed E-state index contributed by atoms with van der Waals surface area (Å²) < 4.78 is 40.7. The van der Waals surface area contributed by atoms with Gasteiger partial charge in [-0.25, -0.2) is 13.1 Å². The minimum Gasteiger partial charge on any atom is -0.390 e. The Morgan fingerprint density at radius 2 is 1.80 bits per heavy atom. The van der Waals surface area contributed by atoms with Crippen LogP contribution in [0.3, 0.4) is 0 Å². The smallest absolute Gasteiger partial charge is 0.250 e. The number of morpholine rings is 1. The molecule has 0 saturated carbocycles. The maximum absolute atomic E-state index is 13.0. The zero-order valence-corrected chi connectivity index (χ0v) is 25.6. The van der Waals surface area contributed by atoms with Crippen LogP contribution in [0.2, 0.25) is 0 Å². The number of aliphatic hydroxyl groups excluding tert-OH is 3. The van der Waals surface area contributed by atoms with Crippen LogP contribution in [-0.2, 0) is 26.5 Å². The molecular weight excluding hydrogens is 586 g/mol. The zero-order valence-electron chi connectivity index (χ0n) is 24.8. The molecule has 5 rings (SSSR count). The number of nitriles is 1. The highest BCUT2D eigenvalue weighted by atomic mass is 32.2. The molecule has 0 bridgehead atoms. The maximum atomic E-state index is 13.0. The number of sulfonamides is 1. The van der Waals surface area contributed by atoms with E-state index < -0.39 is 52.0 Å². The molecule has 3 aromatic rings. The molecule has 0 radical (unpaired) electrons. The standard InChI is InChI=1S/C31H39N5O7S/c1-20-29(37)30(38)28(43-31(20)39)19-34-44(40,41)26(18-32)17-25-7-8-27(35(25)2)23-4-3-22-16-24(6-5-21(22)15-23)33-9-10-36-11-13-42-14-12-36/h3-8,15-17,20,28-31,33-34,37-39H,9-14,19H2,1-2H3/b26-17+/t20-,28?,29-,30-,31?/m1/s1. The second kappa shape index (κ2) is 13.8. The molecule has 236 valence electrons. The maximum Gasteiger partial charge on any atom is 0.250 e. The monoisotopic (exact) mass is 625 g/mol. The van der Waals surface area contributed by atoms with Gasteiger partial charge in [0.25, 0.3) is 10.0 Å². The van der Waals surface area contributed by atoms with Crippen LogP contribution < -0.4 is 10.0 Å². The SMILES string of the molecule is C[C@H]1C(O)OC(CNS(=O)(=O)/C(C#N)=C/c2ccc(-c3ccc4cc(NCCN5CCOCC5)ccc4c3)n2C)[C@@H](O)[C@@H]1O. The lowest BCUT2D eigenvalue weighted by atomic mass is 9.92. The van der Waals surface area contributed by atoms with E-state index in [4.69, 9.17) is 9.47 Å². The lowest BCUT2D eigenvalue weighted by Gasteiger charge is -2.39. The van der Waals surface area contributed by atoms with Gasteiger partial charge in [-0.15, -0.1) is 0 Å². The fourth-order valence-electron chi connectivity index (χ4n) is 5.49. The number of nitrogens with zero attached hydrogens (tertiary/aromatic N) is 3. The van der Waals surface area contributed by atoms with Gasteiger partial charge in [0.15, 0.2) is 11.2 Å². The van der Waals surface area contributed by atoms with Gasteiger partial charge in [-0.2, -0.15) is 5.26 Å². The zero-order chi connectivity index (χ0) is 31.4. The highest BCUT2D eigenvalue weighted by Gasteiger charge is 2.41. The van der Waals surface area contributed by atoms with Crippen molar-refractivity contribution in [3.63, 3.8) is 0 Å². The number of fused-ring (bicyclic) bond motifs is 1. The fourth-order valence-corrected chi connectivity index (χ4v) is 6.42. The Kier molecular flexibility index (Phi) is 10.0. The number of benzene rings is 2. The van der Waals surface area contributed by atoms with Crippen molar-refractivity contribution in [2.24, 2.45) is 13.0 Å². The van der Waals surface area contributed by atoms with Gasteiger partial charge in [0.05, 0.1) is 19.3 Å². The third kappa shape index (κ3) is 7.14. The fraction of sp³-hybridized carbons (Fsp3) is 0.452. The van der Waals surface area contributed by atoms with Crippen molar-refractivity contribution in [1.29, 1.82) is 5.26 Å². The predicted octanol–water partition coefficient (Wildman–Crippen LogP) is 1.45. The number of allylic oxidation sites excluding steroid dienone is 1. The van der Waals surface area contributed by atoms with Crippen LogP contribution in [0.25, 0.3) is 28.1 Å². The average molecular weight is 626 g/mol. The van der Waals surface area contributed by atoms with Crippen molar-refractivity contribution in [2.75, 3.05) is 51.3 Å². The van der Waals surface area contributed by atoms with Crippen LogP contribution in [0.5, 0.6) is 0 Å². The van der Waals surface area contributed by atoms with E-state index in [0.29, 0.717) is 5.69 Å². The molecule has 44 heavy (non-hydrogen) atoms. The lowest BCUT2D eigenvalue weighted by molar-refractivity contribution is -0.257. The van der Waals surface area contributed by atoms with Crippen LogP contribution in [0, 0.1) is 17.2 Å². The molecule has 0 spiro atoms. The number of hydrogen-bond donors (Lipinski definition) is 5. The molecule has 5 atom stereocenters. The van der Waals surface area contributed by atoms with Crippen LogP contribution in [-0.4, -0.2) is 104 Å².